The van der Waals surface area contributed by atoms with Crippen molar-refractivity contribution in [2.24, 2.45) is 11.8 Å². The van der Waals surface area contributed by atoms with Gasteiger partial charge in [-0.05, 0) is 67.1 Å². The summed E-state index contributed by atoms with van der Waals surface area (Å²) in [6.45, 7) is 1.51. The van der Waals surface area contributed by atoms with Gasteiger partial charge in [0.2, 0.25) is 0 Å². The molecule has 5 rings (SSSR count). The van der Waals surface area contributed by atoms with Gasteiger partial charge in [-0.15, -0.1) is 0 Å². The Kier molecular flexibility index (Phi) is 4.65. The molecule has 2 fully saturated rings. The summed E-state index contributed by atoms with van der Waals surface area (Å²) >= 11 is 0. The van der Waals surface area contributed by atoms with Crippen molar-refractivity contribution in [3.8, 4) is 0 Å². The number of rotatable bonds is 2. The molecule has 154 valence electrons. The molecule has 2 aromatic carbocycles. The second kappa shape index (κ2) is 7.35. The van der Waals surface area contributed by atoms with E-state index in [0.717, 1.165) is 30.3 Å². The summed E-state index contributed by atoms with van der Waals surface area (Å²) in [6, 6.07) is 9.95. The Hall–Kier alpha value is -3.02. The van der Waals surface area contributed by atoms with Gasteiger partial charge in [-0.2, -0.15) is 0 Å². The molecule has 0 radical (unpaired) electrons. The zero-order valence-corrected chi connectivity index (χ0v) is 16.6. The van der Waals surface area contributed by atoms with Crippen LogP contribution in [0.4, 0.5) is 10.1 Å². The molecule has 0 bridgehead atoms. The topological polar surface area (TPSA) is 57.7 Å². The SMILES string of the molecule is O=C(c1ccc2c(c1)C(=O)N(c1ccc(F)cc1)C2=O)N1CC[C@@H]2CCCC[C@@H]2C1. The average Bonchev–Trinajstić information content (AvgIpc) is 3.03. The molecule has 1 saturated carbocycles. The number of piperidine rings is 1. The number of imide groups is 1. The van der Waals surface area contributed by atoms with E-state index < -0.39 is 17.6 Å². The molecule has 1 aliphatic carbocycles. The summed E-state index contributed by atoms with van der Waals surface area (Å²) in [7, 11) is 0. The van der Waals surface area contributed by atoms with Crippen LogP contribution in [0.1, 0.15) is 63.2 Å². The lowest BCUT2D eigenvalue weighted by molar-refractivity contribution is 0.0520. The minimum atomic E-state index is -0.484. The number of benzene rings is 2. The maximum Gasteiger partial charge on any atom is 0.266 e. The van der Waals surface area contributed by atoms with Gasteiger partial charge in [0.25, 0.3) is 17.7 Å². The van der Waals surface area contributed by atoms with Gasteiger partial charge in [-0.25, -0.2) is 9.29 Å². The predicted octanol–water partition coefficient (Wildman–Crippen LogP) is 4.28. The second-order valence-corrected chi connectivity index (χ2v) is 8.53. The number of fused-ring (bicyclic) bond motifs is 2. The van der Waals surface area contributed by atoms with Crippen molar-refractivity contribution < 1.29 is 18.8 Å². The Balaban J connectivity index is 1.39. The van der Waals surface area contributed by atoms with E-state index in [1.807, 2.05) is 4.90 Å². The molecule has 3 aliphatic rings. The molecule has 30 heavy (non-hydrogen) atoms. The number of carbonyl (C=O) groups is 3. The number of hydrogen-bond donors (Lipinski definition) is 0. The molecular formula is C24H23FN2O3. The van der Waals surface area contributed by atoms with Gasteiger partial charge in [0, 0.05) is 18.7 Å². The molecule has 5 nitrogen and oxygen atoms in total. The van der Waals surface area contributed by atoms with Crippen molar-refractivity contribution in [3.63, 3.8) is 0 Å². The standard InChI is InChI=1S/C24H23FN2O3/c25-18-6-8-19(9-7-18)27-23(29)20-10-5-16(13-21(20)24(27)30)22(28)26-12-11-15-3-1-2-4-17(15)14-26/h5-10,13,15,17H,1-4,11-12,14H2/t15-,17+/m0/s1. The maximum atomic E-state index is 13.2. The van der Waals surface area contributed by atoms with Crippen molar-refractivity contribution >= 4 is 23.4 Å². The highest BCUT2D eigenvalue weighted by Gasteiger charge is 2.38. The molecule has 0 aromatic heterocycles. The summed E-state index contributed by atoms with van der Waals surface area (Å²) in [5.74, 6) is -0.160. The quantitative estimate of drug-likeness (QED) is 0.700. The van der Waals surface area contributed by atoms with Gasteiger partial charge in [-0.1, -0.05) is 19.3 Å². The Bertz CT molecular complexity index is 1030. The summed E-state index contributed by atoms with van der Waals surface area (Å²) < 4.78 is 13.2. The summed E-state index contributed by atoms with van der Waals surface area (Å²) in [6.07, 6.45) is 6.01. The van der Waals surface area contributed by atoms with Crippen molar-refractivity contribution in [1.82, 2.24) is 4.90 Å². The fraction of sp³-hybridized carbons (Fsp3) is 0.375. The van der Waals surface area contributed by atoms with Crippen LogP contribution in [0.5, 0.6) is 0 Å². The largest absolute Gasteiger partial charge is 0.338 e. The first-order chi connectivity index (χ1) is 14.5. The highest BCUT2D eigenvalue weighted by atomic mass is 19.1. The Morgan fingerprint density at radius 3 is 2.33 bits per heavy atom. The predicted molar refractivity (Wildman–Crippen MR) is 110 cm³/mol. The van der Waals surface area contributed by atoms with Crippen LogP contribution < -0.4 is 4.90 Å². The molecule has 0 unspecified atom stereocenters. The number of hydrogen-bond acceptors (Lipinski definition) is 3. The highest BCUT2D eigenvalue weighted by molar-refractivity contribution is 6.34. The number of nitrogens with zero attached hydrogens (tertiary/aromatic N) is 2. The second-order valence-electron chi connectivity index (χ2n) is 8.53. The highest BCUT2D eigenvalue weighted by Crippen LogP contribution is 2.37. The van der Waals surface area contributed by atoms with Gasteiger partial charge in [0.05, 0.1) is 16.8 Å². The van der Waals surface area contributed by atoms with Crippen molar-refractivity contribution in [3.05, 3.63) is 65.0 Å². The number of anilines is 1. The minimum absolute atomic E-state index is 0.0812. The normalized spacial score (nSPS) is 23.4. The van der Waals surface area contributed by atoms with E-state index in [0.29, 0.717) is 17.2 Å². The minimum Gasteiger partial charge on any atom is -0.338 e. The number of halogens is 1. The lowest BCUT2D eigenvalue weighted by Crippen LogP contribution is -2.44. The van der Waals surface area contributed by atoms with Crippen LogP contribution in [0.2, 0.25) is 0 Å². The first-order valence-corrected chi connectivity index (χ1v) is 10.6. The summed E-state index contributed by atoms with van der Waals surface area (Å²) in [5, 5.41) is 0. The van der Waals surface area contributed by atoms with E-state index in [1.54, 1.807) is 12.1 Å². The zero-order valence-electron chi connectivity index (χ0n) is 16.6. The summed E-state index contributed by atoms with van der Waals surface area (Å²) in [5.41, 5.74) is 1.24. The third-order valence-electron chi connectivity index (χ3n) is 6.80. The van der Waals surface area contributed by atoms with E-state index in [4.69, 9.17) is 0 Å². The van der Waals surface area contributed by atoms with Crippen LogP contribution >= 0.6 is 0 Å². The molecule has 3 amide bonds. The van der Waals surface area contributed by atoms with E-state index >= 15 is 0 Å². The van der Waals surface area contributed by atoms with Gasteiger partial charge < -0.3 is 4.90 Å². The first-order valence-electron chi connectivity index (χ1n) is 10.6. The third kappa shape index (κ3) is 3.11. The first kappa shape index (κ1) is 19.0. The van der Waals surface area contributed by atoms with Crippen molar-refractivity contribution in [1.29, 1.82) is 0 Å². The molecule has 1 saturated heterocycles. The van der Waals surface area contributed by atoms with Crippen molar-refractivity contribution in [2.45, 2.75) is 32.1 Å². The number of carbonyl (C=O) groups excluding carboxylic acids is 3. The van der Waals surface area contributed by atoms with E-state index in [1.165, 1.54) is 56.0 Å². The van der Waals surface area contributed by atoms with Crippen LogP contribution in [0.25, 0.3) is 0 Å². The molecule has 2 heterocycles. The maximum absolute atomic E-state index is 13.2. The lowest BCUT2D eigenvalue weighted by Gasteiger charge is -2.41. The molecular weight excluding hydrogens is 383 g/mol. The number of likely N-dealkylation sites (tertiary alicyclic amines) is 1. The van der Waals surface area contributed by atoms with Crippen molar-refractivity contribution in [2.75, 3.05) is 18.0 Å². The zero-order chi connectivity index (χ0) is 20.8. The van der Waals surface area contributed by atoms with E-state index in [-0.39, 0.29) is 17.0 Å². The fourth-order valence-corrected chi connectivity index (χ4v) is 5.17. The van der Waals surface area contributed by atoms with E-state index in [2.05, 4.69) is 0 Å². The Morgan fingerprint density at radius 2 is 1.57 bits per heavy atom. The van der Waals surface area contributed by atoms with Gasteiger partial charge >= 0.3 is 0 Å². The molecule has 2 aromatic rings. The summed E-state index contributed by atoms with van der Waals surface area (Å²) in [4.78, 5) is 41.7. The van der Waals surface area contributed by atoms with E-state index in [9.17, 15) is 18.8 Å². The van der Waals surface area contributed by atoms with Crippen LogP contribution in [-0.4, -0.2) is 35.7 Å². The van der Waals surface area contributed by atoms with Crippen LogP contribution in [0.15, 0.2) is 42.5 Å². The average molecular weight is 406 g/mol. The third-order valence-corrected chi connectivity index (χ3v) is 6.80. The van der Waals surface area contributed by atoms with Crippen LogP contribution in [0, 0.1) is 17.7 Å². The smallest absolute Gasteiger partial charge is 0.266 e. The molecule has 0 N–H and O–H groups in total. The van der Waals surface area contributed by atoms with Gasteiger partial charge in [0.1, 0.15) is 5.82 Å². The Labute approximate surface area is 174 Å². The lowest BCUT2D eigenvalue weighted by atomic mass is 9.75. The molecule has 0 spiro atoms. The molecule has 6 heteroatoms. The molecule has 2 aliphatic heterocycles. The number of amides is 3. The molecule has 2 atom stereocenters. The monoisotopic (exact) mass is 406 g/mol. The fourth-order valence-electron chi connectivity index (χ4n) is 5.17. The Morgan fingerprint density at radius 1 is 0.867 bits per heavy atom. The van der Waals surface area contributed by atoms with Gasteiger partial charge in [0.15, 0.2) is 0 Å². The van der Waals surface area contributed by atoms with Crippen LogP contribution in [-0.2, 0) is 0 Å². The van der Waals surface area contributed by atoms with Crippen LogP contribution in [0.3, 0.4) is 0 Å². The van der Waals surface area contributed by atoms with Gasteiger partial charge in [-0.3, -0.25) is 14.4 Å².